The molecule has 10 heteroatoms. The number of nitrogens with one attached hydrogen (secondary N) is 1. The first kappa shape index (κ1) is 23.7. The second-order valence-corrected chi connectivity index (χ2v) is 10.4. The molecule has 0 saturated carbocycles. The van der Waals surface area contributed by atoms with E-state index in [0.29, 0.717) is 62.6 Å². The molecule has 1 saturated heterocycles. The lowest BCUT2D eigenvalue weighted by molar-refractivity contribution is -0.121. The van der Waals surface area contributed by atoms with Gasteiger partial charge in [0.05, 0.1) is 29.1 Å². The van der Waals surface area contributed by atoms with Gasteiger partial charge < -0.3 is 14.6 Å². The van der Waals surface area contributed by atoms with Gasteiger partial charge in [0.25, 0.3) is 0 Å². The molecular formula is C23H27ClN4O4S. The molecule has 2 heterocycles. The van der Waals surface area contributed by atoms with Crippen molar-refractivity contribution in [2.24, 2.45) is 7.05 Å². The van der Waals surface area contributed by atoms with Gasteiger partial charge in [-0.25, -0.2) is 13.4 Å². The monoisotopic (exact) mass is 490 g/mol. The molecule has 2 aromatic carbocycles. The van der Waals surface area contributed by atoms with Crippen molar-refractivity contribution in [3.05, 3.63) is 58.9 Å². The second kappa shape index (κ2) is 10.2. The van der Waals surface area contributed by atoms with Crippen LogP contribution in [0.1, 0.15) is 17.8 Å². The Bertz CT molecular complexity index is 1250. The Morgan fingerprint density at radius 3 is 2.70 bits per heavy atom. The summed E-state index contributed by atoms with van der Waals surface area (Å²) in [5, 5.41) is 3.61. The van der Waals surface area contributed by atoms with E-state index in [9.17, 15) is 13.2 Å². The van der Waals surface area contributed by atoms with Crippen LogP contribution in [0.25, 0.3) is 11.0 Å². The number of aromatic nitrogens is 2. The molecule has 8 nitrogen and oxygen atoms in total. The number of halogens is 1. The van der Waals surface area contributed by atoms with E-state index >= 15 is 0 Å². The minimum absolute atomic E-state index is 0.0559. The Morgan fingerprint density at radius 2 is 1.94 bits per heavy atom. The standard InChI is InChI=1S/C23H27ClN4O4S/c1-27-21-6-5-19(33(30,31)28-11-13-32-14-12-28)16-20(21)26-22(27)7-8-23(29)25-10-9-17-3-2-4-18(24)15-17/h2-6,15-16H,7-14H2,1H3,(H,25,29). The van der Waals surface area contributed by atoms with Crippen molar-refractivity contribution in [1.82, 2.24) is 19.2 Å². The second-order valence-electron chi connectivity index (χ2n) is 7.98. The van der Waals surface area contributed by atoms with E-state index in [0.717, 1.165) is 16.9 Å². The third kappa shape index (κ3) is 5.55. The predicted molar refractivity (Wildman–Crippen MR) is 127 cm³/mol. The average molecular weight is 491 g/mol. The zero-order chi connectivity index (χ0) is 23.4. The van der Waals surface area contributed by atoms with Gasteiger partial charge >= 0.3 is 0 Å². The number of rotatable bonds is 8. The molecule has 1 amide bonds. The summed E-state index contributed by atoms with van der Waals surface area (Å²) < 4.78 is 34.5. The molecule has 0 spiro atoms. The van der Waals surface area contributed by atoms with Crippen LogP contribution in [0.4, 0.5) is 0 Å². The summed E-state index contributed by atoms with van der Waals surface area (Å²) in [6.45, 7) is 2.03. The summed E-state index contributed by atoms with van der Waals surface area (Å²) in [5.74, 6) is 0.676. The minimum atomic E-state index is -3.59. The van der Waals surface area contributed by atoms with Gasteiger partial charge in [0.15, 0.2) is 0 Å². The van der Waals surface area contributed by atoms with Crippen LogP contribution >= 0.6 is 11.6 Å². The van der Waals surface area contributed by atoms with Crippen molar-refractivity contribution >= 4 is 38.6 Å². The molecule has 1 aliphatic heterocycles. The van der Waals surface area contributed by atoms with Crippen LogP contribution in [0, 0.1) is 0 Å². The molecule has 0 radical (unpaired) electrons. The molecule has 1 aromatic heterocycles. The van der Waals surface area contributed by atoms with Gasteiger partial charge in [0.2, 0.25) is 15.9 Å². The number of imidazole rings is 1. The number of aryl methyl sites for hydroxylation is 2. The van der Waals surface area contributed by atoms with Crippen molar-refractivity contribution in [2.45, 2.75) is 24.2 Å². The Hall–Kier alpha value is -2.46. The highest BCUT2D eigenvalue weighted by molar-refractivity contribution is 7.89. The highest BCUT2D eigenvalue weighted by Crippen LogP contribution is 2.23. The first-order valence-electron chi connectivity index (χ1n) is 10.9. The Morgan fingerprint density at radius 1 is 1.15 bits per heavy atom. The Kier molecular flexibility index (Phi) is 7.33. The number of amides is 1. The van der Waals surface area contributed by atoms with E-state index in [1.807, 2.05) is 35.9 Å². The molecule has 1 N–H and O–H groups in total. The highest BCUT2D eigenvalue weighted by Gasteiger charge is 2.27. The molecule has 1 fully saturated rings. The zero-order valence-corrected chi connectivity index (χ0v) is 20.0. The number of sulfonamides is 1. The van der Waals surface area contributed by atoms with E-state index in [1.54, 1.807) is 18.2 Å². The first-order valence-corrected chi connectivity index (χ1v) is 12.7. The summed E-state index contributed by atoms with van der Waals surface area (Å²) >= 11 is 5.99. The zero-order valence-electron chi connectivity index (χ0n) is 18.5. The molecule has 176 valence electrons. The third-order valence-electron chi connectivity index (χ3n) is 5.75. The summed E-state index contributed by atoms with van der Waals surface area (Å²) in [4.78, 5) is 17.1. The van der Waals surface area contributed by atoms with Crippen LogP contribution in [0.2, 0.25) is 5.02 Å². The van der Waals surface area contributed by atoms with Gasteiger partial charge in [0.1, 0.15) is 5.82 Å². The number of nitrogens with zero attached hydrogens (tertiary/aromatic N) is 3. The Balaban J connectivity index is 1.38. The maximum Gasteiger partial charge on any atom is 0.243 e. The summed E-state index contributed by atoms with van der Waals surface area (Å²) in [6.07, 6.45) is 1.46. The highest BCUT2D eigenvalue weighted by atomic mass is 35.5. The number of carbonyl (C=O) groups excluding carboxylic acids is 1. The molecule has 0 bridgehead atoms. The third-order valence-corrected chi connectivity index (χ3v) is 7.88. The SMILES string of the molecule is Cn1c(CCC(=O)NCCc2cccc(Cl)c2)nc2cc(S(=O)(=O)N3CCOCC3)ccc21. The summed E-state index contributed by atoms with van der Waals surface area (Å²) in [6, 6.07) is 12.6. The van der Waals surface area contributed by atoms with Crippen molar-refractivity contribution in [3.63, 3.8) is 0 Å². The fourth-order valence-electron chi connectivity index (χ4n) is 3.90. The summed E-state index contributed by atoms with van der Waals surface area (Å²) in [7, 11) is -1.71. The number of hydrogen-bond donors (Lipinski definition) is 1. The molecule has 3 aromatic rings. The van der Waals surface area contributed by atoms with E-state index in [-0.39, 0.29) is 10.8 Å². The average Bonchev–Trinajstić information content (AvgIpc) is 3.13. The topological polar surface area (TPSA) is 93.5 Å². The van der Waals surface area contributed by atoms with Gasteiger partial charge in [-0.1, -0.05) is 23.7 Å². The van der Waals surface area contributed by atoms with E-state index in [1.165, 1.54) is 4.31 Å². The number of benzene rings is 2. The number of morpholine rings is 1. The smallest absolute Gasteiger partial charge is 0.243 e. The van der Waals surface area contributed by atoms with Gasteiger partial charge in [0, 0.05) is 44.5 Å². The molecule has 1 aliphatic rings. The van der Waals surface area contributed by atoms with Crippen LogP contribution in [0.5, 0.6) is 0 Å². The van der Waals surface area contributed by atoms with Crippen molar-refractivity contribution in [3.8, 4) is 0 Å². The van der Waals surface area contributed by atoms with Crippen LogP contribution in [-0.2, 0) is 39.4 Å². The van der Waals surface area contributed by atoms with E-state index in [4.69, 9.17) is 16.3 Å². The normalized spacial score (nSPS) is 15.1. The Labute approximate surface area is 198 Å². The van der Waals surface area contributed by atoms with Crippen molar-refractivity contribution < 1.29 is 17.9 Å². The maximum absolute atomic E-state index is 12.9. The number of carbonyl (C=O) groups is 1. The molecule has 33 heavy (non-hydrogen) atoms. The molecule has 0 aliphatic carbocycles. The predicted octanol–water partition coefficient (Wildman–Crippen LogP) is 2.54. The lowest BCUT2D eigenvalue weighted by atomic mass is 10.1. The fourth-order valence-corrected chi connectivity index (χ4v) is 5.54. The van der Waals surface area contributed by atoms with E-state index < -0.39 is 10.0 Å². The first-order chi connectivity index (χ1) is 15.8. The number of hydrogen-bond acceptors (Lipinski definition) is 5. The largest absolute Gasteiger partial charge is 0.379 e. The van der Waals surface area contributed by atoms with Crippen LogP contribution < -0.4 is 5.32 Å². The van der Waals surface area contributed by atoms with Gasteiger partial charge in [-0.2, -0.15) is 4.31 Å². The van der Waals surface area contributed by atoms with E-state index in [2.05, 4.69) is 10.3 Å². The molecule has 0 atom stereocenters. The molecular weight excluding hydrogens is 464 g/mol. The summed E-state index contributed by atoms with van der Waals surface area (Å²) in [5.41, 5.74) is 2.50. The van der Waals surface area contributed by atoms with Gasteiger partial charge in [-0.05, 0) is 42.3 Å². The lowest BCUT2D eigenvalue weighted by Crippen LogP contribution is -2.40. The number of ether oxygens (including phenoxy) is 1. The molecule has 0 unspecified atom stereocenters. The van der Waals surface area contributed by atoms with Crippen LogP contribution in [-0.4, -0.2) is 61.0 Å². The van der Waals surface area contributed by atoms with Crippen molar-refractivity contribution in [2.75, 3.05) is 32.8 Å². The molecule has 4 rings (SSSR count). The quantitative estimate of drug-likeness (QED) is 0.523. The minimum Gasteiger partial charge on any atom is -0.379 e. The van der Waals surface area contributed by atoms with Crippen LogP contribution in [0.3, 0.4) is 0 Å². The number of fused-ring (bicyclic) bond motifs is 1. The fraction of sp³-hybridized carbons (Fsp3) is 0.391. The van der Waals surface area contributed by atoms with Gasteiger partial charge in [-0.3, -0.25) is 4.79 Å². The van der Waals surface area contributed by atoms with Crippen molar-refractivity contribution in [1.29, 1.82) is 0 Å². The van der Waals surface area contributed by atoms with Gasteiger partial charge in [-0.15, -0.1) is 0 Å². The maximum atomic E-state index is 12.9. The van der Waals surface area contributed by atoms with Crippen LogP contribution in [0.15, 0.2) is 47.4 Å². The lowest BCUT2D eigenvalue weighted by Gasteiger charge is -2.26.